The predicted molar refractivity (Wildman–Crippen MR) is 106 cm³/mol. The van der Waals surface area contributed by atoms with Crippen molar-refractivity contribution in [3.8, 4) is 0 Å². The van der Waals surface area contributed by atoms with E-state index in [1.165, 1.54) is 44.9 Å². The monoisotopic (exact) mass is 353 g/mol. The number of piperidine rings is 1. The van der Waals surface area contributed by atoms with Gasteiger partial charge in [-0.1, -0.05) is 44.4 Å². The number of hydrogen-bond donors (Lipinski definition) is 1. The smallest absolute Gasteiger partial charge is 0.276 e. The molecule has 2 aliphatic heterocycles. The fourth-order valence-corrected chi connectivity index (χ4v) is 4.54. The Morgan fingerprint density at radius 1 is 0.962 bits per heavy atom. The molecule has 0 unspecified atom stereocenters. The Morgan fingerprint density at radius 2 is 1.65 bits per heavy atom. The van der Waals surface area contributed by atoms with Crippen molar-refractivity contribution in [2.75, 3.05) is 24.5 Å². The van der Waals surface area contributed by atoms with Gasteiger partial charge in [0, 0.05) is 24.8 Å². The highest BCUT2D eigenvalue weighted by Gasteiger charge is 2.36. The molecule has 1 aromatic carbocycles. The Hall–Kier alpha value is -1.97. The van der Waals surface area contributed by atoms with Crippen LogP contribution in [0.1, 0.15) is 51.9 Å². The van der Waals surface area contributed by atoms with Crippen molar-refractivity contribution in [2.45, 2.75) is 57.9 Å². The second-order valence-electron chi connectivity index (χ2n) is 8.20. The molecule has 1 saturated heterocycles. The molecule has 26 heavy (non-hydrogen) atoms. The lowest BCUT2D eigenvalue weighted by atomic mass is 9.95. The van der Waals surface area contributed by atoms with Crippen LogP contribution in [0.5, 0.6) is 0 Å². The molecule has 1 aromatic rings. The number of carbonyl (C=O) groups is 1. The summed E-state index contributed by atoms with van der Waals surface area (Å²) < 4.78 is 0. The number of hydrogen-bond acceptors (Lipinski definition) is 3. The number of benzene rings is 1. The lowest BCUT2D eigenvalue weighted by Gasteiger charge is -2.33. The molecule has 2 heterocycles. The molecule has 4 nitrogen and oxygen atoms in total. The average molecular weight is 354 g/mol. The van der Waals surface area contributed by atoms with Crippen molar-refractivity contribution in [2.24, 2.45) is 5.92 Å². The van der Waals surface area contributed by atoms with Crippen LogP contribution >= 0.6 is 0 Å². The van der Waals surface area contributed by atoms with Gasteiger partial charge in [0.15, 0.2) is 0 Å². The third-order valence-electron chi connectivity index (χ3n) is 6.20. The lowest BCUT2D eigenvalue weighted by molar-refractivity contribution is -0.116. The SMILES string of the molecule is CC1CCN(C2=C(NC3CCCCC3)CN(c3ccccc3)C2=O)CC1. The third-order valence-corrected chi connectivity index (χ3v) is 6.20. The first-order chi connectivity index (χ1) is 12.7. The average Bonchev–Trinajstić information content (AvgIpc) is 3.00. The predicted octanol–water partition coefficient (Wildman–Crippen LogP) is 3.90. The Morgan fingerprint density at radius 3 is 2.35 bits per heavy atom. The second kappa shape index (κ2) is 7.73. The summed E-state index contributed by atoms with van der Waals surface area (Å²) in [7, 11) is 0. The summed E-state index contributed by atoms with van der Waals surface area (Å²) in [5, 5.41) is 3.78. The van der Waals surface area contributed by atoms with Crippen LogP contribution in [0.4, 0.5) is 5.69 Å². The van der Waals surface area contributed by atoms with E-state index >= 15 is 0 Å². The minimum atomic E-state index is 0.170. The number of anilines is 1. The van der Waals surface area contributed by atoms with Crippen molar-refractivity contribution in [3.05, 3.63) is 41.7 Å². The highest BCUT2D eigenvalue weighted by Crippen LogP contribution is 2.31. The van der Waals surface area contributed by atoms with Gasteiger partial charge in [-0.15, -0.1) is 0 Å². The first-order valence-corrected chi connectivity index (χ1v) is 10.3. The number of para-hydroxylation sites is 1. The molecule has 0 atom stereocenters. The summed E-state index contributed by atoms with van der Waals surface area (Å²) in [6.07, 6.45) is 8.78. The summed E-state index contributed by atoms with van der Waals surface area (Å²) in [6.45, 7) is 5.00. The molecule has 1 N–H and O–H groups in total. The zero-order valence-corrected chi connectivity index (χ0v) is 15.9. The van der Waals surface area contributed by atoms with Crippen molar-refractivity contribution < 1.29 is 4.79 Å². The maximum absolute atomic E-state index is 13.3. The van der Waals surface area contributed by atoms with Crippen molar-refractivity contribution in [1.82, 2.24) is 10.2 Å². The van der Waals surface area contributed by atoms with Crippen molar-refractivity contribution >= 4 is 11.6 Å². The molecular weight excluding hydrogens is 322 g/mol. The molecule has 2 fully saturated rings. The summed E-state index contributed by atoms with van der Waals surface area (Å²) in [4.78, 5) is 17.6. The summed E-state index contributed by atoms with van der Waals surface area (Å²) in [6, 6.07) is 10.6. The Balaban J connectivity index is 1.58. The van der Waals surface area contributed by atoms with Gasteiger partial charge >= 0.3 is 0 Å². The molecule has 3 aliphatic rings. The van der Waals surface area contributed by atoms with Crippen LogP contribution in [-0.4, -0.2) is 36.5 Å². The van der Waals surface area contributed by atoms with Crippen molar-refractivity contribution in [3.63, 3.8) is 0 Å². The number of nitrogens with one attached hydrogen (secondary N) is 1. The molecule has 0 spiro atoms. The van der Waals surface area contributed by atoms with E-state index in [2.05, 4.69) is 17.1 Å². The molecule has 0 radical (unpaired) electrons. The Kier molecular flexibility index (Phi) is 5.18. The van der Waals surface area contributed by atoms with Gasteiger partial charge in [-0.05, 0) is 43.7 Å². The number of carbonyl (C=O) groups excluding carboxylic acids is 1. The van der Waals surface area contributed by atoms with Crippen LogP contribution < -0.4 is 10.2 Å². The Bertz CT molecular complexity index is 655. The minimum absolute atomic E-state index is 0.170. The normalized spacial score (nSPS) is 23.0. The third kappa shape index (κ3) is 3.60. The molecule has 1 aliphatic carbocycles. The standard InChI is InChI=1S/C22H31N3O/c1-17-12-14-24(15-13-17)21-20(23-18-8-4-2-5-9-18)16-25(22(21)26)19-10-6-3-7-11-19/h3,6-7,10-11,17-18,23H,2,4-5,8-9,12-16H2,1H3. The molecular formula is C22H31N3O. The largest absolute Gasteiger partial charge is 0.382 e. The molecule has 4 rings (SSSR count). The molecule has 0 bridgehead atoms. The number of nitrogens with zero attached hydrogens (tertiary/aromatic N) is 2. The molecule has 0 aromatic heterocycles. The lowest BCUT2D eigenvalue weighted by Crippen LogP contribution is -2.38. The van der Waals surface area contributed by atoms with E-state index in [1.54, 1.807) is 0 Å². The van der Waals surface area contributed by atoms with Gasteiger partial charge in [-0.3, -0.25) is 4.79 Å². The molecule has 1 amide bonds. The quantitative estimate of drug-likeness (QED) is 0.892. The second-order valence-corrected chi connectivity index (χ2v) is 8.20. The fourth-order valence-electron chi connectivity index (χ4n) is 4.54. The van der Waals surface area contributed by atoms with Gasteiger partial charge in [-0.2, -0.15) is 0 Å². The topological polar surface area (TPSA) is 35.6 Å². The van der Waals surface area contributed by atoms with Gasteiger partial charge in [0.1, 0.15) is 5.70 Å². The van der Waals surface area contributed by atoms with E-state index in [-0.39, 0.29) is 5.91 Å². The van der Waals surface area contributed by atoms with Crippen LogP contribution in [0.15, 0.2) is 41.7 Å². The Labute approximate surface area is 157 Å². The van der Waals surface area contributed by atoms with Gasteiger partial charge in [0.2, 0.25) is 0 Å². The summed E-state index contributed by atoms with van der Waals surface area (Å²) in [5.41, 5.74) is 3.09. The van der Waals surface area contributed by atoms with Crippen LogP contribution in [0.2, 0.25) is 0 Å². The van der Waals surface area contributed by atoms with E-state index in [9.17, 15) is 4.79 Å². The van der Waals surface area contributed by atoms with Crippen LogP contribution in [0, 0.1) is 5.92 Å². The first kappa shape index (κ1) is 17.4. The maximum Gasteiger partial charge on any atom is 0.276 e. The van der Waals surface area contributed by atoms with Gasteiger partial charge in [0.05, 0.1) is 12.2 Å². The van der Waals surface area contributed by atoms with Gasteiger partial charge in [0.25, 0.3) is 5.91 Å². The van der Waals surface area contributed by atoms with E-state index < -0.39 is 0 Å². The van der Waals surface area contributed by atoms with Gasteiger partial charge in [-0.25, -0.2) is 0 Å². The van der Waals surface area contributed by atoms with E-state index in [4.69, 9.17) is 0 Å². The fraction of sp³-hybridized carbons (Fsp3) is 0.591. The highest BCUT2D eigenvalue weighted by atomic mass is 16.2. The zero-order valence-electron chi connectivity index (χ0n) is 15.9. The minimum Gasteiger partial charge on any atom is -0.382 e. The molecule has 1 saturated carbocycles. The number of rotatable bonds is 4. The molecule has 140 valence electrons. The van der Waals surface area contributed by atoms with Gasteiger partial charge < -0.3 is 15.1 Å². The zero-order chi connectivity index (χ0) is 17.9. The number of amides is 1. The van der Waals surface area contributed by atoms with E-state index in [1.807, 2.05) is 35.2 Å². The van der Waals surface area contributed by atoms with E-state index in [0.717, 1.165) is 36.1 Å². The highest BCUT2D eigenvalue weighted by molar-refractivity contribution is 6.08. The van der Waals surface area contributed by atoms with Crippen molar-refractivity contribution in [1.29, 1.82) is 0 Å². The number of likely N-dealkylation sites (tertiary alicyclic amines) is 1. The van der Waals surface area contributed by atoms with E-state index in [0.29, 0.717) is 12.6 Å². The maximum atomic E-state index is 13.3. The van der Waals surface area contributed by atoms with Crippen LogP contribution in [0.25, 0.3) is 0 Å². The molecule has 4 heteroatoms. The summed E-state index contributed by atoms with van der Waals surface area (Å²) >= 11 is 0. The van der Waals surface area contributed by atoms with Crippen LogP contribution in [-0.2, 0) is 4.79 Å². The first-order valence-electron chi connectivity index (χ1n) is 10.3. The van der Waals surface area contributed by atoms with Crippen LogP contribution in [0.3, 0.4) is 0 Å². The summed E-state index contributed by atoms with van der Waals surface area (Å²) in [5.74, 6) is 0.937.